The number of methoxy groups -OCH3 is 1. The van der Waals surface area contributed by atoms with Gasteiger partial charge in [0.1, 0.15) is 5.75 Å². The fourth-order valence-electron chi connectivity index (χ4n) is 2.42. The van der Waals surface area contributed by atoms with Gasteiger partial charge in [0.25, 0.3) is 5.69 Å². The maximum absolute atomic E-state index is 10.9. The second-order valence-corrected chi connectivity index (χ2v) is 5.14. The first-order valence-corrected chi connectivity index (χ1v) is 6.78. The number of nitrogens with zero attached hydrogens (tertiary/aromatic N) is 1. The van der Waals surface area contributed by atoms with Crippen molar-refractivity contribution in [2.24, 2.45) is 5.73 Å². The van der Waals surface area contributed by atoms with E-state index in [1.54, 1.807) is 6.07 Å². The first-order valence-electron chi connectivity index (χ1n) is 6.78. The molecular formula is C14H20N2O4. The smallest absolute Gasteiger partial charge is 0.273 e. The number of ether oxygens (including phenoxy) is 2. The molecule has 0 bridgehead atoms. The second kappa shape index (κ2) is 6.67. The lowest BCUT2D eigenvalue weighted by Gasteiger charge is -2.26. The molecule has 0 unspecified atom stereocenters. The molecule has 0 aromatic heterocycles. The minimum atomic E-state index is -0.425. The average Bonchev–Trinajstić information content (AvgIpc) is 2.46. The van der Waals surface area contributed by atoms with Gasteiger partial charge in [-0.15, -0.1) is 0 Å². The monoisotopic (exact) mass is 280 g/mol. The Morgan fingerprint density at radius 2 is 2.00 bits per heavy atom. The van der Waals surface area contributed by atoms with Gasteiger partial charge in [-0.05, 0) is 37.3 Å². The number of nitro groups is 1. The number of nitro benzene ring substituents is 1. The molecule has 1 saturated carbocycles. The molecule has 0 amide bonds. The van der Waals surface area contributed by atoms with Crippen LogP contribution in [-0.4, -0.2) is 24.2 Å². The molecule has 0 spiro atoms. The molecule has 0 aliphatic heterocycles. The van der Waals surface area contributed by atoms with Gasteiger partial charge in [0.05, 0.1) is 30.8 Å². The number of rotatable bonds is 5. The Morgan fingerprint density at radius 1 is 1.30 bits per heavy atom. The Kier molecular flexibility index (Phi) is 4.92. The molecule has 0 radical (unpaired) electrons. The molecule has 6 heteroatoms. The topological polar surface area (TPSA) is 87.6 Å². The maximum atomic E-state index is 10.9. The zero-order valence-corrected chi connectivity index (χ0v) is 11.6. The third kappa shape index (κ3) is 3.91. The van der Waals surface area contributed by atoms with Gasteiger partial charge in [-0.3, -0.25) is 10.1 Å². The molecule has 6 nitrogen and oxygen atoms in total. The van der Waals surface area contributed by atoms with E-state index in [-0.39, 0.29) is 17.8 Å². The van der Waals surface area contributed by atoms with Gasteiger partial charge in [-0.25, -0.2) is 0 Å². The molecule has 20 heavy (non-hydrogen) atoms. The fourth-order valence-corrected chi connectivity index (χ4v) is 2.42. The zero-order valence-electron chi connectivity index (χ0n) is 11.6. The lowest BCUT2D eigenvalue weighted by molar-refractivity contribution is -0.385. The molecule has 0 heterocycles. The summed E-state index contributed by atoms with van der Waals surface area (Å²) in [6, 6.07) is 4.98. The highest BCUT2D eigenvalue weighted by molar-refractivity contribution is 5.42. The van der Waals surface area contributed by atoms with Gasteiger partial charge in [0, 0.05) is 12.1 Å². The number of benzene rings is 1. The zero-order chi connectivity index (χ0) is 14.5. The van der Waals surface area contributed by atoms with E-state index < -0.39 is 4.92 Å². The van der Waals surface area contributed by atoms with Crippen molar-refractivity contribution in [3.05, 3.63) is 33.9 Å². The van der Waals surface area contributed by atoms with Crippen molar-refractivity contribution in [2.45, 2.75) is 44.4 Å². The van der Waals surface area contributed by atoms with Crippen LogP contribution in [0.4, 0.5) is 5.69 Å². The van der Waals surface area contributed by atoms with Crippen molar-refractivity contribution in [1.29, 1.82) is 0 Å². The summed E-state index contributed by atoms with van der Waals surface area (Å²) in [5, 5.41) is 10.9. The Hall–Kier alpha value is -1.66. The highest BCUT2D eigenvalue weighted by atomic mass is 16.6. The van der Waals surface area contributed by atoms with E-state index in [1.165, 1.54) is 19.2 Å². The normalized spacial score (nSPS) is 22.5. The lowest BCUT2D eigenvalue weighted by Crippen LogP contribution is -2.30. The van der Waals surface area contributed by atoms with Crippen LogP contribution in [0, 0.1) is 10.1 Å². The molecule has 1 aromatic rings. The van der Waals surface area contributed by atoms with Gasteiger partial charge in [0.15, 0.2) is 0 Å². The lowest BCUT2D eigenvalue weighted by atomic mass is 9.94. The summed E-state index contributed by atoms with van der Waals surface area (Å²) >= 11 is 0. The predicted octanol–water partition coefficient (Wildman–Crippen LogP) is 2.39. The van der Waals surface area contributed by atoms with Crippen LogP contribution in [0.1, 0.15) is 31.2 Å². The molecule has 1 aliphatic carbocycles. The third-order valence-corrected chi connectivity index (χ3v) is 3.60. The first kappa shape index (κ1) is 14.7. The van der Waals surface area contributed by atoms with Crippen LogP contribution in [0.3, 0.4) is 0 Å². The van der Waals surface area contributed by atoms with Crippen molar-refractivity contribution in [3.8, 4) is 5.75 Å². The summed E-state index contributed by atoms with van der Waals surface area (Å²) in [5.74, 6) is 0.475. The fraction of sp³-hybridized carbons (Fsp3) is 0.571. The van der Waals surface area contributed by atoms with Crippen LogP contribution >= 0.6 is 0 Å². The molecule has 1 fully saturated rings. The summed E-state index contributed by atoms with van der Waals surface area (Å²) in [4.78, 5) is 10.4. The third-order valence-electron chi connectivity index (χ3n) is 3.60. The molecule has 110 valence electrons. The largest absolute Gasteiger partial charge is 0.496 e. The second-order valence-electron chi connectivity index (χ2n) is 5.14. The molecule has 0 atom stereocenters. The van der Waals surface area contributed by atoms with Gasteiger partial charge >= 0.3 is 0 Å². The highest BCUT2D eigenvalue weighted by Crippen LogP contribution is 2.25. The summed E-state index contributed by atoms with van der Waals surface area (Å²) < 4.78 is 10.9. The minimum Gasteiger partial charge on any atom is -0.496 e. The van der Waals surface area contributed by atoms with E-state index in [0.717, 1.165) is 31.2 Å². The molecular weight excluding hydrogens is 260 g/mol. The quantitative estimate of drug-likeness (QED) is 0.661. The first-order chi connectivity index (χ1) is 9.58. The number of hydrogen-bond donors (Lipinski definition) is 1. The number of non-ortho nitro benzene ring substituents is 1. The van der Waals surface area contributed by atoms with Crippen LogP contribution in [0.5, 0.6) is 5.75 Å². The van der Waals surface area contributed by atoms with Crippen molar-refractivity contribution in [2.75, 3.05) is 7.11 Å². The van der Waals surface area contributed by atoms with Crippen LogP contribution < -0.4 is 10.5 Å². The van der Waals surface area contributed by atoms with E-state index in [9.17, 15) is 10.1 Å². The molecule has 2 N–H and O–H groups in total. The maximum Gasteiger partial charge on any atom is 0.273 e. The molecule has 1 aliphatic rings. The average molecular weight is 280 g/mol. The van der Waals surface area contributed by atoms with Crippen LogP contribution in [0.25, 0.3) is 0 Å². The van der Waals surface area contributed by atoms with E-state index >= 15 is 0 Å². The molecule has 2 rings (SSSR count). The predicted molar refractivity (Wildman–Crippen MR) is 74.7 cm³/mol. The van der Waals surface area contributed by atoms with Gasteiger partial charge in [0.2, 0.25) is 0 Å². The Morgan fingerprint density at radius 3 is 2.60 bits per heavy atom. The summed E-state index contributed by atoms with van der Waals surface area (Å²) in [6.07, 6.45) is 4.05. The standard InChI is InChI=1S/C14H20N2O4/c1-19-14-7-10(6-12(8-14)16(17)18)9-20-13-4-2-11(15)3-5-13/h6-8,11,13H,2-5,9,15H2,1H3. The Bertz CT molecular complexity index is 470. The van der Waals surface area contributed by atoms with E-state index in [1.807, 2.05) is 0 Å². The van der Waals surface area contributed by atoms with Crippen molar-refractivity contribution < 1.29 is 14.4 Å². The Labute approximate surface area is 118 Å². The van der Waals surface area contributed by atoms with Crippen molar-refractivity contribution in [1.82, 2.24) is 0 Å². The van der Waals surface area contributed by atoms with Gasteiger partial charge in [-0.1, -0.05) is 0 Å². The molecule has 1 aromatic carbocycles. The Balaban J connectivity index is 1.98. The summed E-state index contributed by atoms with van der Waals surface area (Å²) in [5.41, 5.74) is 6.63. The number of nitrogens with two attached hydrogens (primary N) is 1. The van der Waals surface area contributed by atoms with E-state index in [0.29, 0.717) is 12.4 Å². The summed E-state index contributed by atoms with van der Waals surface area (Å²) in [6.45, 7) is 0.359. The van der Waals surface area contributed by atoms with E-state index in [2.05, 4.69) is 0 Å². The SMILES string of the molecule is COc1cc(COC2CCC(N)CC2)cc([N+](=O)[O-])c1. The minimum absolute atomic E-state index is 0.0219. The van der Waals surface area contributed by atoms with Gasteiger partial charge < -0.3 is 15.2 Å². The van der Waals surface area contributed by atoms with Gasteiger partial charge in [-0.2, -0.15) is 0 Å². The molecule has 0 saturated heterocycles. The van der Waals surface area contributed by atoms with Crippen LogP contribution in [0.15, 0.2) is 18.2 Å². The van der Waals surface area contributed by atoms with E-state index in [4.69, 9.17) is 15.2 Å². The highest BCUT2D eigenvalue weighted by Gasteiger charge is 2.19. The summed E-state index contributed by atoms with van der Waals surface area (Å²) in [7, 11) is 1.49. The van der Waals surface area contributed by atoms with Crippen molar-refractivity contribution in [3.63, 3.8) is 0 Å². The van der Waals surface area contributed by atoms with Crippen molar-refractivity contribution >= 4 is 5.69 Å². The van der Waals surface area contributed by atoms with Crippen LogP contribution in [-0.2, 0) is 11.3 Å². The number of hydrogen-bond acceptors (Lipinski definition) is 5. The van der Waals surface area contributed by atoms with Crippen LogP contribution in [0.2, 0.25) is 0 Å².